The number of nitrogens with zero attached hydrogens (tertiary/aromatic N) is 3. The molecule has 3 aromatic rings. The summed E-state index contributed by atoms with van der Waals surface area (Å²) in [6, 6.07) is 12.6. The molecule has 1 amide bonds. The van der Waals surface area contributed by atoms with Crippen molar-refractivity contribution in [2.75, 3.05) is 19.5 Å². The van der Waals surface area contributed by atoms with Gasteiger partial charge in [0.2, 0.25) is 0 Å². The molecule has 0 bridgehead atoms. The van der Waals surface area contributed by atoms with Crippen LogP contribution >= 0.6 is 0 Å². The average molecular weight is 338 g/mol. The molecule has 25 heavy (non-hydrogen) atoms. The predicted molar refractivity (Wildman–Crippen MR) is 93.1 cm³/mol. The van der Waals surface area contributed by atoms with Gasteiger partial charge < -0.3 is 14.8 Å². The van der Waals surface area contributed by atoms with Crippen molar-refractivity contribution >= 4 is 11.6 Å². The van der Waals surface area contributed by atoms with Gasteiger partial charge in [-0.15, -0.1) is 0 Å². The third kappa shape index (κ3) is 3.95. The van der Waals surface area contributed by atoms with Gasteiger partial charge in [0.05, 0.1) is 20.8 Å². The van der Waals surface area contributed by atoms with E-state index < -0.39 is 0 Å². The van der Waals surface area contributed by atoms with Crippen LogP contribution in [0.2, 0.25) is 0 Å². The van der Waals surface area contributed by atoms with Crippen LogP contribution in [0.3, 0.4) is 0 Å². The fraction of sp³-hybridized carbons (Fsp3) is 0.167. The van der Waals surface area contributed by atoms with Crippen LogP contribution in [-0.2, 0) is 6.54 Å². The van der Waals surface area contributed by atoms with Crippen LogP contribution in [0.4, 0.5) is 5.69 Å². The summed E-state index contributed by atoms with van der Waals surface area (Å²) in [6.07, 6.45) is 3.14. The number of anilines is 1. The first-order chi connectivity index (χ1) is 12.2. The number of hydrogen-bond donors (Lipinski definition) is 1. The summed E-state index contributed by atoms with van der Waals surface area (Å²) in [7, 11) is 3.12. The Balaban J connectivity index is 1.68. The fourth-order valence-electron chi connectivity index (χ4n) is 2.38. The molecule has 2 aromatic carbocycles. The number of methoxy groups -OCH3 is 2. The van der Waals surface area contributed by atoms with Crippen molar-refractivity contribution in [1.29, 1.82) is 0 Å². The van der Waals surface area contributed by atoms with Crippen LogP contribution < -0.4 is 14.8 Å². The maximum absolute atomic E-state index is 12.4. The number of carbonyl (C=O) groups excluding carboxylic acids is 1. The first-order valence-electron chi connectivity index (χ1n) is 7.64. The Morgan fingerprint density at radius 2 is 1.84 bits per heavy atom. The molecule has 7 nitrogen and oxygen atoms in total. The van der Waals surface area contributed by atoms with E-state index in [1.807, 2.05) is 12.1 Å². The molecule has 1 N–H and O–H groups in total. The van der Waals surface area contributed by atoms with E-state index >= 15 is 0 Å². The van der Waals surface area contributed by atoms with E-state index in [-0.39, 0.29) is 5.91 Å². The van der Waals surface area contributed by atoms with Gasteiger partial charge in [-0.3, -0.25) is 4.79 Å². The van der Waals surface area contributed by atoms with E-state index in [1.54, 1.807) is 55.6 Å². The molecule has 0 fully saturated rings. The number of carbonyl (C=O) groups is 1. The molecule has 0 aliphatic carbocycles. The molecule has 1 aromatic heterocycles. The minimum Gasteiger partial charge on any atom is -0.493 e. The van der Waals surface area contributed by atoms with Crippen molar-refractivity contribution in [3.8, 4) is 11.5 Å². The molecule has 128 valence electrons. The Hall–Kier alpha value is -3.35. The van der Waals surface area contributed by atoms with Gasteiger partial charge in [0.1, 0.15) is 12.7 Å². The molecular weight excluding hydrogens is 320 g/mol. The van der Waals surface area contributed by atoms with Crippen LogP contribution in [-0.4, -0.2) is 34.9 Å². The lowest BCUT2D eigenvalue weighted by Gasteiger charge is -2.11. The van der Waals surface area contributed by atoms with Gasteiger partial charge in [0.25, 0.3) is 5.91 Å². The van der Waals surface area contributed by atoms with Gasteiger partial charge in [-0.05, 0) is 29.8 Å². The predicted octanol–water partition coefficient (Wildman–Crippen LogP) is 2.60. The van der Waals surface area contributed by atoms with E-state index in [0.29, 0.717) is 29.3 Å². The van der Waals surface area contributed by atoms with Gasteiger partial charge in [-0.2, -0.15) is 5.10 Å². The number of nitrogens with one attached hydrogen (secondary N) is 1. The summed E-state index contributed by atoms with van der Waals surface area (Å²) >= 11 is 0. The molecule has 0 atom stereocenters. The summed E-state index contributed by atoms with van der Waals surface area (Å²) in [5.74, 6) is 0.973. The standard InChI is InChI=1S/C18H18N4O3/c1-24-16-8-7-15(9-17(16)25-2)21-18(23)14-5-3-13(4-6-14)10-22-12-19-11-20-22/h3-9,11-12H,10H2,1-2H3,(H,21,23). The lowest BCUT2D eigenvalue weighted by atomic mass is 10.1. The Bertz CT molecular complexity index is 845. The number of hydrogen-bond acceptors (Lipinski definition) is 5. The summed E-state index contributed by atoms with van der Waals surface area (Å²) in [4.78, 5) is 16.3. The minimum absolute atomic E-state index is 0.195. The van der Waals surface area contributed by atoms with Gasteiger partial charge in [0.15, 0.2) is 11.5 Å². The highest BCUT2D eigenvalue weighted by Gasteiger charge is 2.09. The summed E-state index contributed by atoms with van der Waals surface area (Å²) in [6.45, 7) is 0.609. The summed E-state index contributed by atoms with van der Waals surface area (Å²) in [5, 5.41) is 6.91. The van der Waals surface area contributed by atoms with E-state index in [0.717, 1.165) is 5.56 Å². The lowest BCUT2D eigenvalue weighted by molar-refractivity contribution is 0.102. The van der Waals surface area contributed by atoms with Crippen LogP contribution in [0.5, 0.6) is 11.5 Å². The van der Waals surface area contributed by atoms with Gasteiger partial charge in [-0.1, -0.05) is 12.1 Å². The van der Waals surface area contributed by atoms with Gasteiger partial charge >= 0.3 is 0 Å². The lowest BCUT2D eigenvalue weighted by Crippen LogP contribution is -2.12. The smallest absolute Gasteiger partial charge is 0.255 e. The molecule has 3 rings (SSSR count). The Morgan fingerprint density at radius 1 is 1.08 bits per heavy atom. The molecule has 0 spiro atoms. The molecule has 1 heterocycles. The monoisotopic (exact) mass is 338 g/mol. The van der Waals surface area contributed by atoms with Crippen molar-refractivity contribution in [1.82, 2.24) is 14.8 Å². The first-order valence-corrected chi connectivity index (χ1v) is 7.64. The van der Waals surface area contributed by atoms with Crippen LogP contribution in [0.15, 0.2) is 55.1 Å². The van der Waals surface area contributed by atoms with Crippen molar-refractivity contribution < 1.29 is 14.3 Å². The second-order valence-corrected chi connectivity index (χ2v) is 5.31. The molecule has 0 radical (unpaired) electrons. The Morgan fingerprint density at radius 3 is 2.48 bits per heavy atom. The second kappa shape index (κ2) is 7.48. The largest absolute Gasteiger partial charge is 0.493 e. The van der Waals surface area contributed by atoms with E-state index in [9.17, 15) is 4.79 Å². The maximum Gasteiger partial charge on any atom is 0.255 e. The highest BCUT2D eigenvalue weighted by Crippen LogP contribution is 2.29. The van der Waals surface area contributed by atoms with Crippen molar-refractivity contribution in [3.63, 3.8) is 0 Å². The number of aromatic nitrogens is 3. The highest BCUT2D eigenvalue weighted by molar-refractivity contribution is 6.04. The normalized spacial score (nSPS) is 10.3. The number of ether oxygens (including phenoxy) is 2. The molecular formula is C18H18N4O3. The second-order valence-electron chi connectivity index (χ2n) is 5.31. The number of benzene rings is 2. The molecule has 0 unspecified atom stereocenters. The summed E-state index contributed by atoms with van der Waals surface area (Å²) in [5.41, 5.74) is 2.24. The average Bonchev–Trinajstić information content (AvgIpc) is 3.15. The van der Waals surface area contributed by atoms with Gasteiger partial charge in [0, 0.05) is 17.3 Å². The molecule has 7 heteroatoms. The van der Waals surface area contributed by atoms with E-state index in [2.05, 4.69) is 15.4 Å². The Labute approximate surface area is 145 Å². The minimum atomic E-state index is -0.195. The number of amides is 1. The van der Waals surface area contributed by atoms with Crippen LogP contribution in [0.25, 0.3) is 0 Å². The van der Waals surface area contributed by atoms with Crippen LogP contribution in [0, 0.1) is 0 Å². The molecule has 0 saturated heterocycles. The van der Waals surface area contributed by atoms with Gasteiger partial charge in [-0.25, -0.2) is 9.67 Å². The van der Waals surface area contributed by atoms with Crippen molar-refractivity contribution in [2.45, 2.75) is 6.54 Å². The van der Waals surface area contributed by atoms with Crippen molar-refractivity contribution in [2.24, 2.45) is 0 Å². The van der Waals surface area contributed by atoms with E-state index in [1.165, 1.54) is 6.33 Å². The first kappa shape index (κ1) is 16.5. The molecule has 0 aliphatic rings. The third-order valence-electron chi connectivity index (χ3n) is 3.67. The van der Waals surface area contributed by atoms with Crippen LogP contribution in [0.1, 0.15) is 15.9 Å². The zero-order chi connectivity index (χ0) is 17.6. The SMILES string of the molecule is COc1ccc(NC(=O)c2ccc(Cn3cncn3)cc2)cc1OC. The zero-order valence-corrected chi connectivity index (χ0v) is 14.0. The quantitative estimate of drug-likeness (QED) is 0.747. The molecule has 0 aliphatic heterocycles. The van der Waals surface area contributed by atoms with E-state index in [4.69, 9.17) is 9.47 Å². The maximum atomic E-state index is 12.4. The third-order valence-corrected chi connectivity index (χ3v) is 3.67. The topological polar surface area (TPSA) is 78.3 Å². The number of rotatable bonds is 6. The molecule has 0 saturated carbocycles. The Kier molecular flexibility index (Phi) is 4.94. The highest BCUT2D eigenvalue weighted by atomic mass is 16.5. The zero-order valence-electron chi connectivity index (χ0n) is 14.0. The summed E-state index contributed by atoms with van der Waals surface area (Å²) < 4.78 is 12.1. The fourth-order valence-corrected chi connectivity index (χ4v) is 2.38. The van der Waals surface area contributed by atoms with Crippen molar-refractivity contribution in [3.05, 3.63) is 66.2 Å².